The summed E-state index contributed by atoms with van der Waals surface area (Å²) in [4.78, 5) is -1.01. The third kappa shape index (κ3) is 5.48. The van der Waals surface area contributed by atoms with E-state index in [1.807, 2.05) is 0 Å². The smallest absolute Gasteiger partial charge is 0.282 e. The maximum absolute atomic E-state index is 14.0. The van der Waals surface area contributed by atoms with Crippen molar-refractivity contribution in [3.63, 3.8) is 0 Å². The summed E-state index contributed by atoms with van der Waals surface area (Å²) < 4.78 is 257. The van der Waals surface area contributed by atoms with Crippen LogP contribution in [-0.2, 0) is 16.5 Å². The quantitative estimate of drug-likeness (QED) is 0.202. The molecule has 0 spiro atoms. The van der Waals surface area contributed by atoms with Crippen LogP contribution in [0.4, 0.5) is 74.6 Å². The van der Waals surface area contributed by atoms with Crippen LogP contribution in [0.5, 0.6) is 0 Å². The van der Waals surface area contributed by atoms with Gasteiger partial charge in [-0.2, -0.15) is 83.1 Å². The van der Waals surface area contributed by atoms with Gasteiger partial charge in [-0.25, -0.2) is 0 Å². The first kappa shape index (κ1) is 35.0. The Hall–Kier alpha value is -2.06. The van der Waals surface area contributed by atoms with Crippen LogP contribution in [0.15, 0.2) is 23.1 Å². The van der Waals surface area contributed by atoms with Crippen molar-refractivity contribution in [1.82, 2.24) is 0 Å². The Kier molecular flexibility index (Phi) is 8.78. The van der Waals surface area contributed by atoms with E-state index < -0.39 is 87.5 Å². The van der Waals surface area contributed by atoms with Crippen LogP contribution in [0.1, 0.15) is 24.0 Å². The van der Waals surface area contributed by atoms with Crippen LogP contribution < -0.4 is 0 Å². The Balaban J connectivity index is 3.43. The summed E-state index contributed by atoms with van der Waals surface area (Å²) in [7, 11) is -5.09. The molecular weight excluding hydrogens is 619 g/mol. The lowest BCUT2D eigenvalue weighted by molar-refractivity contribution is -0.461. The van der Waals surface area contributed by atoms with Gasteiger partial charge in [-0.1, -0.05) is 17.7 Å². The molecule has 0 amide bonds. The summed E-state index contributed by atoms with van der Waals surface area (Å²) in [6.07, 6.45) is -13.2. The molecule has 0 radical (unpaired) electrons. The van der Waals surface area contributed by atoms with Crippen molar-refractivity contribution in [2.45, 2.75) is 78.7 Å². The van der Waals surface area contributed by atoms with Crippen LogP contribution in [0.2, 0.25) is 0 Å². The summed E-state index contributed by atoms with van der Waals surface area (Å²) in [6.45, 7) is 1.25. The van der Waals surface area contributed by atoms with Gasteiger partial charge in [0, 0.05) is 6.42 Å². The zero-order valence-corrected chi connectivity index (χ0v) is 19.3. The Morgan fingerprint density at radius 1 is 0.641 bits per heavy atom. The predicted octanol–water partition coefficient (Wildman–Crippen LogP) is 7.57. The summed E-state index contributed by atoms with van der Waals surface area (Å²) in [5, 5.41) is 0. The fourth-order valence-corrected chi connectivity index (χ4v) is 3.74. The molecule has 21 heteroatoms. The van der Waals surface area contributed by atoms with Crippen molar-refractivity contribution >= 4 is 10.1 Å². The van der Waals surface area contributed by atoms with E-state index in [1.165, 1.54) is 6.92 Å². The molecular formula is C18H13F17O3S. The van der Waals surface area contributed by atoms with Gasteiger partial charge in [0.25, 0.3) is 10.1 Å². The SMILES string of the molecule is Cc1ccc(S(=O)(=O)O)c(CCCC(F)(F)C(F)(F)C(F)(F)C(F)(F)C(F)(F)C(F)(F)C(F)(F)C(F)(F)F)c1. The van der Waals surface area contributed by atoms with Crippen molar-refractivity contribution in [1.29, 1.82) is 0 Å². The maximum atomic E-state index is 14.0. The van der Waals surface area contributed by atoms with E-state index in [9.17, 15) is 83.1 Å². The molecule has 0 aliphatic heterocycles. The lowest BCUT2D eigenvalue weighted by atomic mass is 9.87. The first-order valence-corrected chi connectivity index (χ1v) is 11.1. The first-order chi connectivity index (χ1) is 16.8. The zero-order chi connectivity index (χ0) is 31.5. The van der Waals surface area contributed by atoms with Crippen molar-refractivity contribution in [3.8, 4) is 0 Å². The van der Waals surface area contributed by atoms with Gasteiger partial charge in [0.1, 0.15) is 0 Å². The van der Waals surface area contributed by atoms with Crippen LogP contribution in [0.3, 0.4) is 0 Å². The molecule has 1 aromatic carbocycles. The minimum absolute atomic E-state index is 0.152. The summed E-state index contributed by atoms with van der Waals surface area (Å²) in [5.41, 5.74) is -0.464. The van der Waals surface area contributed by atoms with Gasteiger partial charge in [-0.05, 0) is 31.4 Å². The molecule has 1 rings (SSSR count). The second-order valence-electron chi connectivity index (χ2n) is 8.09. The minimum Gasteiger partial charge on any atom is -0.282 e. The van der Waals surface area contributed by atoms with Crippen LogP contribution >= 0.6 is 0 Å². The molecule has 0 unspecified atom stereocenters. The third-order valence-electron chi connectivity index (χ3n) is 5.22. The minimum atomic E-state index is -8.70. The van der Waals surface area contributed by atoms with Crippen LogP contribution in [0, 0.1) is 6.92 Å². The zero-order valence-electron chi connectivity index (χ0n) is 18.5. The highest BCUT2D eigenvalue weighted by atomic mass is 32.2. The van der Waals surface area contributed by atoms with Gasteiger partial charge >= 0.3 is 47.6 Å². The Morgan fingerprint density at radius 3 is 1.41 bits per heavy atom. The van der Waals surface area contributed by atoms with E-state index in [1.54, 1.807) is 0 Å². The van der Waals surface area contributed by atoms with Crippen molar-refractivity contribution in [2.75, 3.05) is 0 Å². The fraction of sp³-hybridized carbons (Fsp3) is 0.667. The summed E-state index contributed by atoms with van der Waals surface area (Å²) >= 11 is 0. The number of hydrogen-bond donors (Lipinski definition) is 1. The number of benzene rings is 1. The fourth-order valence-electron chi connectivity index (χ4n) is 3.01. The molecule has 0 atom stereocenters. The molecule has 0 fully saturated rings. The number of aryl methyl sites for hydroxylation is 2. The number of alkyl halides is 17. The van der Waals surface area contributed by atoms with Gasteiger partial charge in [0.2, 0.25) is 0 Å². The molecule has 39 heavy (non-hydrogen) atoms. The standard InChI is InChI=1S/C18H13F17O3S/c1-8-4-5-10(39(36,37)38)9(7-8)3-2-6-11(19,20)12(21,22)13(23,24)14(25,26)15(27,28)16(29,30)17(31,32)18(33,34)35/h4-5,7H,2-3,6H2,1H3,(H,36,37,38). The highest BCUT2D eigenvalue weighted by Crippen LogP contribution is 2.64. The second kappa shape index (κ2) is 9.79. The van der Waals surface area contributed by atoms with E-state index in [-0.39, 0.29) is 5.56 Å². The van der Waals surface area contributed by atoms with Gasteiger partial charge in [0.05, 0.1) is 4.90 Å². The van der Waals surface area contributed by atoms with Gasteiger partial charge in [-0.15, -0.1) is 0 Å². The highest BCUT2D eigenvalue weighted by molar-refractivity contribution is 7.85. The normalized spacial score (nSPS) is 15.6. The molecule has 1 aromatic rings. The molecule has 0 aliphatic carbocycles. The van der Waals surface area contributed by atoms with Gasteiger partial charge in [-0.3, -0.25) is 4.55 Å². The van der Waals surface area contributed by atoms with E-state index in [0.29, 0.717) is 6.07 Å². The lowest BCUT2D eigenvalue weighted by Crippen LogP contribution is -2.74. The molecule has 0 bridgehead atoms. The molecule has 0 aromatic heterocycles. The molecule has 0 saturated heterocycles. The van der Waals surface area contributed by atoms with Gasteiger partial charge in [0.15, 0.2) is 0 Å². The van der Waals surface area contributed by atoms with Crippen molar-refractivity contribution in [2.24, 2.45) is 0 Å². The van der Waals surface area contributed by atoms with Gasteiger partial charge < -0.3 is 0 Å². The molecule has 3 nitrogen and oxygen atoms in total. The predicted molar refractivity (Wildman–Crippen MR) is 94.6 cm³/mol. The highest BCUT2D eigenvalue weighted by Gasteiger charge is 2.95. The number of hydrogen-bond acceptors (Lipinski definition) is 2. The van der Waals surface area contributed by atoms with E-state index >= 15 is 0 Å². The topological polar surface area (TPSA) is 54.4 Å². The van der Waals surface area contributed by atoms with Crippen LogP contribution in [0.25, 0.3) is 0 Å². The number of halogens is 17. The second-order valence-corrected chi connectivity index (χ2v) is 9.48. The lowest BCUT2D eigenvalue weighted by Gasteiger charge is -2.42. The van der Waals surface area contributed by atoms with E-state index in [0.717, 1.165) is 12.1 Å². The van der Waals surface area contributed by atoms with Crippen molar-refractivity contribution in [3.05, 3.63) is 29.3 Å². The first-order valence-electron chi connectivity index (χ1n) is 9.63. The molecule has 0 heterocycles. The third-order valence-corrected chi connectivity index (χ3v) is 6.17. The van der Waals surface area contributed by atoms with E-state index in [2.05, 4.69) is 0 Å². The Morgan fingerprint density at radius 2 is 1.03 bits per heavy atom. The van der Waals surface area contributed by atoms with E-state index in [4.69, 9.17) is 4.55 Å². The summed E-state index contributed by atoms with van der Waals surface area (Å²) in [5.74, 6) is -56.9. The molecule has 0 aliphatic rings. The van der Waals surface area contributed by atoms with Crippen LogP contribution in [-0.4, -0.2) is 60.6 Å². The van der Waals surface area contributed by atoms with Crippen molar-refractivity contribution < 1.29 is 87.6 Å². The monoisotopic (exact) mass is 632 g/mol. The molecule has 1 N–H and O–H groups in total. The molecule has 228 valence electrons. The Bertz CT molecular complexity index is 1160. The number of rotatable bonds is 11. The molecule has 0 saturated carbocycles. The average molecular weight is 632 g/mol. The largest absolute Gasteiger partial charge is 0.460 e. The average Bonchev–Trinajstić information content (AvgIpc) is 2.71. The summed E-state index contributed by atoms with van der Waals surface area (Å²) in [6, 6.07) is 2.57. The maximum Gasteiger partial charge on any atom is 0.460 e. The Labute approximate surface area is 206 Å².